The number of likely N-dealkylation sites (tertiary alicyclic amines) is 1. The molecule has 92 valence electrons. The molecule has 1 unspecified atom stereocenters. The Morgan fingerprint density at radius 2 is 2.00 bits per heavy atom. The predicted octanol–water partition coefficient (Wildman–Crippen LogP) is 0.435. The molecule has 2 atom stereocenters. The Labute approximate surface area is 95.6 Å². The molecule has 0 saturated carbocycles. The molecule has 1 amide bonds. The van der Waals surface area contributed by atoms with Gasteiger partial charge in [0.2, 0.25) is 5.91 Å². The summed E-state index contributed by atoms with van der Waals surface area (Å²) in [5.74, 6) is -1.18. The van der Waals surface area contributed by atoms with Crippen molar-refractivity contribution in [3.05, 3.63) is 0 Å². The van der Waals surface area contributed by atoms with Gasteiger partial charge in [0, 0.05) is 6.54 Å². The van der Waals surface area contributed by atoms with Gasteiger partial charge in [-0.25, -0.2) is 4.79 Å². The van der Waals surface area contributed by atoms with E-state index in [0.29, 0.717) is 13.0 Å². The van der Waals surface area contributed by atoms with Crippen molar-refractivity contribution in [1.29, 1.82) is 0 Å². The van der Waals surface area contributed by atoms with Crippen LogP contribution in [0.2, 0.25) is 0 Å². The zero-order valence-electron chi connectivity index (χ0n) is 10.1. The van der Waals surface area contributed by atoms with E-state index in [1.807, 2.05) is 13.8 Å². The molecule has 0 aromatic carbocycles. The number of hydrogen-bond acceptors (Lipinski definition) is 3. The molecule has 0 aromatic heterocycles. The number of carboxylic acids is 1. The quantitative estimate of drug-likeness (QED) is 0.734. The summed E-state index contributed by atoms with van der Waals surface area (Å²) in [6.07, 6.45) is 1.22. The largest absolute Gasteiger partial charge is 0.480 e. The van der Waals surface area contributed by atoms with Crippen molar-refractivity contribution in [2.24, 2.45) is 11.7 Å². The van der Waals surface area contributed by atoms with Crippen LogP contribution < -0.4 is 5.73 Å². The molecule has 1 saturated heterocycles. The molecule has 1 aliphatic heterocycles. The number of rotatable bonds is 3. The van der Waals surface area contributed by atoms with Crippen molar-refractivity contribution in [3.63, 3.8) is 0 Å². The van der Waals surface area contributed by atoms with Gasteiger partial charge in [-0.3, -0.25) is 4.79 Å². The molecular formula is C11H20N2O3. The average Bonchev–Trinajstić information content (AvgIpc) is 2.59. The van der Waals surface area contributed by atoms with Gasteiger partial charge in [-0.05, 0) is 25.7 Å². The van der Waals surface area contributed by atoms with Gasteiger partial charge in [-0.15, -0.1) is 0 Å². The van der Waals surface area contributed by atoms with Gasteiger partial charge in [0.25, 0.3) is 0 Å². The second kappa shape index (κ2) is 4.41. The van der Waals surface area contributed by atoms with Gasteiger partial charge < -0.3 is 15.7 Å². The van der Waals surface area contributed by atoms with Crippen molar-refractivity contribution in [1.82, 2.24) is 4.90 Å². The first-order valence-corrected chi connectivity index (χ1v) is 5.61. The zero-order valence-corrected chi connectivity index (χ0v) is 10.1. The van der Waals surface area contributed by atoms with Gasteiger partial charge in [0.05, 0.1) is 6.04 Å². The van der Waals surface area contributed by atoms with Crippen molar-refractivity contribution >= 4 is 11.9 Å². The smallest absolute Gasteiger partial charge is 0.329 e. The molecular weight excluding hydrogens is 208 g/mol. The summed E-state index contributed by atoms with van der Waals surface area (Å²) in [5.41, 5.74) is 4.70. The number of nitrogens with zero attached hydrogens (tertiary/aromatic N) is 1. The third kappa shape index (κ3) is 2.04. The SMILES string of the molecule is CC(C)[C@H](N)C(=O)N1CCCC1(C)C(=O)O. The van der Waals surface area contributed by atoms with Crippen molar-refractivity contribution < 1.29 is 14.7 Å². The van der Waals surface area contributed by atoms with Crippen molar-refractivity contribution in [2.75, 3.05) is 6.54 Å². The highest BCUT2D eigenvalue weighted by atomic mass is 16.4. The van der Waals surface area contributed by atoms with Gasteiger partial charge in [-0.1, -0.05) is 13.8 Å². The molecule has 16 heavy (non-hydrogen) atoms. The van der Waals surface area contributed by atoms with Crippen LogP contribution in [0.25, 0.3) is 0 Å². The number of aliphatic carboxylic acids is 1. The van der Waals surface area contributed by atoms with Gasteiger partial charge in [0.1, 0.15) is 5.54 Å². The van der Waals surface area contributed by atoms with Crippen LogP contribution >= 0.6 is 0 Å². The van der Waals surface area contributed by atoms with Crippen LogP contribution in [0.4, 0.5) is 0 Å². The summed E-state index contributed by atoms with van der Waals surface area (Å²) in [6.45, 7) is 5.79. The fourth-order valence-corrected chi connectivity index (χ4v) is 2.00. The predicted molar refractivity (Wildman–Crippen MR) is 59.8 cm³/mol. The second-order valence-electron chi connectivity index (χ2n) is 4.94. The van der Waals surface area contributed by atoms with E-state index in [2.05, 4.69) is 0 Å². The summed E-state index contributed by atoms with van der Waals surface area (Å²) in [6, 6.07) is -0.614. The molecule has 0 aliphatic carbocycles. The molecule has 1 aliphatic rings. The Balaban J connectivity index is 2.88. The Bertz CT molecular complexity index is 304. The Kier molecular flexibility index (Phi) is 3.57. The summed E-state index contributed by atoms with van der Waals surface area (Å²) in [7, 11) is 0. The standard InChI is InChI=1S/C11H20N2O3/c1-7(2)8(12)9(14)13-6-4-5-11(13,3)10(15)16/h7-8H,4-6,12H2,1-3H3,(H,15,16)/t8-,11?/m0/s1. The maximum atomic E-state index is 12.0. The lowest BCUT2D eigenvalue weighted by Gasteiger charge is -2.33. The number of carbonyl (C=O) groups excluding carboxylic acids is 1. The fourth-order valence-electron chi connectivity index (χ4n) is 2.00. The first-order chi connectivity index (χ1) is 7.30. The van der Waals surface area contributed by atoms with Crippen LogP contribution in [0, 0.1) is 5.92 Å². The molecule has 0 bridgehead atoms. The Hall–Kier alpha value is -1.10. The monoisotopic (exact) mass is 228 g/mol. The number of carboxylic acid groups (broad SMARTS) is 1. The van der Waals surface area contributed by atoms with Crippen LogP contribution in [0.3, 0.4) is 0 Å². The normalized spacial score (nSPS) is 27.2. The van der Waals surface area contributed by atoms with E-state index in [-0.39, 0.29) is 11.8 Å². The van der Waals surface area contributed by atoms with E-state index in [1.165, 1.54) is 4.90 Å². The molecule has 1 fully saturated rings. The van der Waals surface area contributed by atoms with Crippen LogP contribution in [-0.2, 0) is 9.59 Å². The molecule has 1 heterocycles. The lowest BCUT2D eigenvalue weighted by Crippen LogP contribution is -2.56. The van der Waals surface area contributed by atoms with Crippen LogP contribution in [0.5, 0.6) is 0 Å². The molecule has 0 spiro atoms. The van der Waals surface area contributed by atoms with E-state index in [0.717, 1.165) is 6.42 Å². The summed E-state index contributed by atoms with van der Waals surface area (Å²) in [5, 5.41) is 9.18. The summed E-state index contributed by atoms with van der Waals surface area (Å²) in [4.78, 5) is 24.7. The number of hydrogen-bond donors (Lipinski definition) is 2. The molecule has 1 rings (SSSR count). The summed E-state index contributed by atoms with van der Waals surface area (Å²) < 4.78 is 0. The maximum Gasteiger partial charge on any atom is 0.329 e. The minimum absolute atomic E-state index is 0.0196. The minimum Gasteiger partial charge on any atom is -0.480 e. The highest BCUT2D eigenvalue weighted by Gasteiger charge is 2.47. The van der Waals surface area contributed by atoms with Gasteiger partial charge in [0.15, 0.2) is 0 Å². The summed E-state index contributed by atoms with van der Waals surface area (Å²) >= 11 is 0. The molecule has 0 radical (unpaired) electrons. The van der Waals surface area contributed by atoms with Crippen LogP contribution in [0.15, 0.2) is 0 Å². The average molecular weight is 228 g/mol. The third-order valence-electron chi connectivity index (χ3n) is 3.37. The highest BCUT2D eigenvalue weighted by molar-refractivity contribution is 5.90. The number of nitrogens with two attached hydrogens (primary N) is 1. The second-order valence-corrected chi connectivity index (χ2v) is 4.94. The topological polar surface area (TPSA) is 83.6 Å². The first kappa shape index (κ1) is 13.0. The fraction of sp³-hybridized carbons (Fsp3) is 0.818. The van der Waals surface area contributed by atoms with Crippen molar-refractivity contribution in [3.8, 4) is 0 Å². The molecule has 3 N–H and O–H groups in total. The van der Waals surface area contributed by atoms with Crippen molar-refractivity contribution in [2.45, 2.75) is 45.2 Å². The number of amides is 1. The van der Waals surface area contributed by atoms with E-state index in [4.69, 9.17) is 5.73 Å². The lowest BCUT2D eigenvalue weighted by molar-refractivity contribution is -0.156. The molecule has 5 nitrogen and oxygen atoms in total. The zero-order chi connectivity index (χ0) is 12.5. The van der Waals surface area contributed by atoms with Gasteiger partial charge in [-0.2, -0.15) is 0 Å². The first-order valence-electron chi connectivity index (χ1n) is 5.61. The third-order valence-corrected chi connectivity index (χ3v) is 3.37. The van der Waals surface area contributed by atoms with Crippen LogP contribution in [0.1, 0.15) is 33.6 Å². The Morgan fingerprint density at radius 3 is 2.44 bits per heavy atom. The Morgan fingerprint density at radius 1 is 1.44 bits per heavy atom. The number of carbonyl (C=O) groups is 2. The van der Waals surface area contributed by atoms with E-state index >= 15 is 0 Å². The lowest BCUT2D eigenvalue weighted by atomic mass is 9.97. The van der Waals surface area contributed by atoms with E-state index in [9.17, 15) is 14.7 Å². The minimum atomic E-state index is -1.08. The van der Waals surface area contributed by atoms with E-state index in [1.54, 1.807) is 6.92 Å². The maximum absolute atomic E-state index is 12.0. The van der Waals surface area contributed by atoms with Crippen LogP contribution in [-0.4, -0.2) is 40.0 Å². The van der Waals surface area contributed by atoms with Gasteiger partial charge >= 0.3 is 5.97 Å². The highest BCUT2D eigenvalue weighted by Crippen LogP contribution is 2.30. The molecule has 0 aromatic rings. The van der Waals surface area contributed by atoms with E-state index < -0.39 is 17.6 Å². The molecule has 5 heteroatoms.